The second-order valence-electron chi connectivity index (χ2n) is 7.41. The Hall–Kier alpha value is -2.20. The summed E-state index contributed by atoms with van der Waals surface area (Å²) in [6.07, 6.45) is 1.50. The van der Waals surface area contributed by atoms with E-state index in [-0.39, 0.29) is 18.8 Å². The van der Waals surface area contributed by atoms with Crippen LogP contribution in [0.1, 0.15) is 47.6 Å². The van der Waals surface area contributed by atoms with Crippen molar-refractivity contribution in [1.82, 2.24) is 0 Å². The van der Waals surface area contributed by atoms with Gasteiger partial charge in [0, 0.05) is 5.56 Å². The van der Waals surface area contributed by atoms with E-state index in [4.69, 9.17) is 9.47 Å². The third-order valence-electron chi connectivity index (χ3n) is 5.31. The second kappa shape index (κ2) is 8.22. The molecule has 1 aliphatic rings. The Bertz CT molecular complexity index is 832. The molecule has 2 aromatic carbocycles. The van der Waals surface area contributed by atoms with E-state index in [1.165, 1.54) is 0 Å². The molecule has 4 nitrogen and oxygen atoms in total. The number of halogens is 1. The van der Waals surface area contributed by atoms with Gasteiger partial charge in [-0.1, -0.05) is 30.3 Å². The fourth-order valence-electron chi connectivity index (χ4n) is 3.67. The number of carboxylic acid groups (broad SMARTS) is 1. The van der Waals surface area contributed by atoms with Crippen LogP contribution in [0.5, 0.6) is 11.5 Å². The molecule has 0 fully saturated rings. The highest BCUT2D eigenvalue weighted by Gasteiger charge is 2.36. The summed E-state index contributed by atoms with van der Waals surface area (Å²) in [7, 11) is 0. The molecule has 0 amide bonds. The summed E-state index contributed by atoms with van der Waals surface area (Å²) < 4.78 is 12.4. The maximum absolute atomic E-state index is 11.2. The molecule has 0 radical (unpaired) electrons. The predicted molar refractivity (Wildman–Crippen MR) is 108 cm³/mol. The minimum absolute atomic E-state index is 0. The Morgan fingerprint density at radius 1 is 1.15 bits per heavy atom. The lowest BCUT2D eigenvalue weighted by Crippen LogP contribution is -2.39. The van der Waals surface area contributed by atoms with Crippen molar-refractivity contribution in [2.75, 3.05) is 0 Å². The molecule has 0 saturated heterocycles. The van der Waals surface area contributed by atoms with Crippen LogP contribution in [-0.2, 0) is 17.8 Å². The molecule has 0 unspecified atom stereocenters. The Morgan fingerprint density at radius 2 is 1.81 bits per heavy atom. The monoisotopic (exact) mass is 390 g/mol. The van der Waals surface area contributed by atoms with Crippen LogP contribution in [0, 0.1) is 20.8 Å². The SMILES string of the molecule is Cc1c(C)c2c(c(C)c1OCc1ccccc1)CC[C@@](C)(CC(=O)O)O2.Cl. The van der Waals surface area contributed by atoms with Gasteiger partial charge >= 0.3 is 5.97 Å². The number of benzene rings is 2. The standard InChI is InChI=1S/C22H26O4.ClH/c1-14-15(2)21-18(10-11-22(4,26-21)12-19(23)24)16(3)20(14)25-13-17-8-6-5-7-9-17;/h5-9H,10-13H2,1-4H3,(H,23,24);1H/t22-;/m0./s1. The summed E-state index contributed by atoms with van der Waals surface area (Å²) >= 11 is 0. The van der Waals surface area contributed by atoms with Crippen LogP contribution in [-0.4, -0.2) is 16.7 Å². The molecule has 146 valence electrons. The van der Waals surface area contributed by atoms with Crippen molar-refractivity contribution >= 4 is 18.4 Å². The van der Waals surface area contributed by atoms with Gasteiger partial charge in [-0.25, -0.2) is 0 Å². The minimum atomic E-state index is -0.829. The molecule has 1 aliphatic heterocycles. The summed E-state index contributed by atoms with van der Waals surface area (Å²) in [4.78, 5) is 11.2. The molecule has 1 N–H and O–H groups in total. The Kier molecular flexibility index (Phi) is 6.42. The number of aliphatic carboxylic acids is 1. The third-order valence-corrected chi connectivity index (χ3v) is 5.31. The largest absolute Gasteiger partial charge is 0.488 e. The van der Waals surface area contributed by atoms with Gasteiger partial charge in [0.1, 0.15) is 23.7 Å². The Balaban J connectivity index is 0.00000261. The maximum atomic E-state index is 11.2. The van der Waals surface area contributed by atoms with Crippen molar-refractivity contribution in [3.05, 3.63) is 58.1 Å². The minimum Gasteiger partial charge on any atom is -0.488 e. The highest BCUT2D eigenvalue weighted by Crippen LogP contribution is 2.44. The Labute approximate surface area is 166 Å². The molecule has 0 bridgehead atoms. The number of hydrogen-bond acceptors (Lipinski definition) is 3. The molecule has 0 aliphatic carbocycles. The van der Waals surface area contributed by atoms with Gasteiger partial charge in [-0.15, -0.1) is 12.4 Å². The zero-order valence-electron chi connectivity index (χ0n) is 16.3. The quantitative estimate of drug-likeness (QED) is 0.765. The van der Waals surface area contributed by atoms with Gasteiger partial charge in [-0.05, 0) is 62.8 Å². The van der Waals surface area contributed by atoms with Crippen LogP contribution in [0.4, 0.5) is 0 Å². The molecule has 5 heteroatoms. The van der Waals surface area contributed by atoms with Crippen molar-refractivity contribution in [2.24, 2.45) is 0 Å². The summed E-state index contributed by atoms with van der Waals surface area (Å²) in [5.74, 6) is 0.919. The highest BCUT2D eigenvalue weighted by molar-refractivity contribution is 5.85. The number of carboxylic acids is 1. The molecule has 2 aromatic rings. The number of carbonyl (C=O) groups is 1. The summed E-state index contributed by atoms with van der Waals surface area (Å²) in [6.45, 7) is 8.53. The molecule has 1 heterocycles. The normalized spacial score (nSPS) is 18.1. The summed E-state index contributed by atoms with van der Waals surface area (Å²) in [5, 5.41) is 9.18. The van der Waals surface area contributed by atoms with Crippen molar-refractivity contribution in [2.45, 2.75) is 59.2 Å². The molecule has 27 heavy (non-hydrogen) atoms. The molecule has 0 spiro atoms. The van der Waals surface area contributed by atoms with E-state index in [9.17, 15) is 9.90 Å². The van der Waals surface area contributed by atoms with Crippen LogP contribution in [0.15, 0.2) is 30.3 Å². The number of rotatable bonds is 5. The fourth-order valence-corrected chi connectivity index (χ4v) is 3.67. The molecule has 1 atom stereocenters. The number of ether oxygens (including phenoxy) is 2. The first-order valence-electron chi connectivity index (χ1n) is 9.01. The van der Waals surface area contributed by atoms with E-state index in [1.54, 1.807) is 0 Å². The Morgan fingerprint density at radius 3 is 2.44 bits per heavy atom. The van der Waals surface area contributed by atoms with E-state index in [2.05, 4.69) is 19.1 Å². The van der Waals surface area contributed by atoms with Crippen LogP contribution in [0.3, 0.4) is 0 Å². The van der Waals surface area contributed by atoms with Gasteiger partial charge in [0.2, 0.25) is 0 Å². The predicted octanol–water partition coefficient (Wildman–Crippen LogP) is 5.17. The molecule has 0 aromatic heterocycles. The van der Waals surface area contributed by atoms with Gasteiger partial charge < -0.3 is 14.6 Å². The average Bonchev–Trinajstić information content (AvgIpc) is 2.59. The first-order valence-corrected chi connectivity index (χ1v) is 9.01. The van der Waals surface area contributed by atoms with E-state index < -0.39 is 11.6 Å². The highest BCUT2D eigenvalue weighted by atomic mass is 35.5. The third kappa shape index (κ3) is 4.38. The smallest absolute Gasteiger partial charge is 0.307 e. The zero-order valence-corrected chi connectivity index (χ0v) is 17.1. The van der Waals surface area contributed by atoms with Gasteiger partial charge in [0.05, 0.1) is 6.42 Å². The first kappa shape index (κ1) is 21.1. The lowest BCUT2D eigenvalue weighted by molar-refractivity contribution is -0.141. The van der Waals surface area contributed by atoms with E-state index >= 15 is 0 Å². The topological polar surface area (TPSA) is 55.8 Å². The van der Waals surface area contributed by atoms with Crippen molar-refractivity contribution in [3.8, 4) is 11.5 Å². The molecular formula is C22H27ClO4. The van der Waals surface area contributed by atoms with Crippen LogP contribution < -0.4 is 9.47 Å². The van der Waals surface area contributed by atoms with Crippen molar-refractivity contribution in [1.29, 1.82) is 0 Å². The molecule has 3 rings (SSSR count). The van der Waals surface area contributed by atoms with Gasteiger partial charge in [0.15, 0.2) is 0 Å². The van der Waals surface area contributed by atoms with Gasteiger partial charge in [-0.2, -0.15) is 0 Å². The van der Waals surface area contributed by atoms with Gasteiger partial charge in [0.25, 0.3) is 0 Å². The average molecular weight is 391 g/mol. The van der Waals surface area contributed by atoms with Crippen LogP contribution >= 0.6 is 12.4 Å². The van der Waals surface area contributed by atoms with Gasteiger partial charge in [-0.3, -0.25) is 4.79 Å². The van der Waals surface area contributed by atoms with E-state index in [1.807, 2.05) is 39.0 Å². The zero-order chi connectivity index (χ0) is 18.9. The first-order chi connectivity index (χ1) is 12.3. The van der Waals surface area contributed by atoms with Crippen molar-refractivity contribution < 1.29 is 19.4 Å². The fraction of sp³-hybridized carbons (Fsp3) is 0.409. The van der Waals surface area contributed by atoms with E-state index in [0.29, 0.717) is 13.0 Å². The van der Waals surface area contributed by atoms with E-state index in [0.717, 1.165) is 45.7 Å². The van der Waals surface area contributed by atoms with Crippen LogP contribution in [0.2, 0.25) is 0 Å². The second-order valence-corrected chi connectivity index (χ2v) is 7.41. The van der Waals surface area contributed by atoms with Crippen molar-refractivity contribution in [3.63, 3.8) is 0 Å². The summed E-state index contributed by atoms with van der Waals surface area (Å²) in [6, 6.07) is 10.1. The number of hydrogen-bond donors (Lipinski definition) is 1. The molecular weight excluding hydrogens is 364 g/mol. The lowest BCUT2D eigenvalue weighted by atomic mass is 9.85. The molecule has 0 saturated carbocycles. The lowest BCUT2D eigenvalue weighted by Gasteiger charge is -2.37. The maximum Gasteiger partial charge on any atom is 0.307 e. The summed E-state index contributed by atoms with van der Waals surface area (Å²) in [5.41, 5.74) is 4.79. The number of fused-ring (bicyclic) bond motifs is 1. The van der Waals surface area contributed by atoms with Crippen LogP contribution in [0.25, 0.3) is 0 Å².